The van der Waals surface area contributed by atoms with Crippen LogP contribution >= 0.6 is 11.6 Å². The van der Waals surface area contributed by atoms with Crippen molar-refractivity contribution in [3.05, 3.63) is 69.7 Å². The molecule has 4 rings (SSSR count). The third-order valence-corrected chi connectivity index (χ3v) is 5.44. The molecular formula is C20H18ClN3O2. The van der Waals surface area contributed by atoms with E-state index in [9.17, 15) is 9.59 Å². The Labute approximate surface area is 155 Å². The van der Waals surface area contributed by atoms with Crippen LogP contribution in [-0.4, -0.2) is 15.9 Å². The Morgan fingerprint density at radius 1 is 1.12 bits per heavy atom. The number of benzene rings is 2. The molecule has 2 aromatic carbocycles. The van der Waals surface area contributed by atoms with Gasteiger partial charge >= 0.3 is 0 Å². The molecular weight excluding hydrogens is 350 g/mol. The standard InChI is InChI=1S/C20H18ClN3O2/c21-14-5-3-13(4-6-14)20(9-1-2-10-20)19(26)24-15-7-8-16-17(11-15)22-12-23-18(16)25/h3-8,11-12H,1-2,9-10H2,(H,24,26)(H,22,23,25). The zero-order valence-electron chi connectivity index (χ0n) is 14.1. The highest BCUT2D eigenvalue weighted by Crippen LogP contribution is 2.42. The van der Waals surface area contributed by atoms with Crippen LogP contribution in [0, 0.1) is 0 Å². The van der Waals surface area contributed by atoms with Gasteiger partial charge in [0.1, 0.15) is 0 Å². The van der Waals surface area contributed by atoms with Crippen LogP contribution in [0.15, 0.2) is 53.6 Å². The fourth-order valence-corrected chi connectivity index (χ4v) is 3.92. The molecule has 0 saturated heterocycles. The van der Waals surface area contributed by atoms with Crippen LogP contribution in [0.25, 0.3) is 10.9 Å². The molecule has 1 amide bonds. The number of anilines is 1. The van der Waals surface area contributed by atoms with Crippen LogP contribution in [0.2, 0.25) is 5.02 Å². The molecule has 2 N–H and O–H groups in total. The van der Waals surface area contributed by atoms with Gasteiger partial charge in [0.15, 0.2) is 0 Å². The Balaban J connectivity index is 1.67. The van der Waals surface area contributed by atoms with Crippen LogP contribution in [-0.2, 0) is 10.2 Å². The molecule has 3 aromatic rings. The summed E-state index contributed by atoms with van der Waals surface area (Å²) in [6.07, 6.45) is 5.02. The SMILES string of the molecule is O=C(Nc1ccc2c(=O)[nH]cnc2c1)C1(c2ccc(Cl)cc2)CCCC1. The van der Waals surface area contributed by atoms with Gasteiger partial charge in [0, 0.05) is 10.7 Å². The third-order valence-electron chi connectivity index (χ3n) is 5.19. The lowest BCUT2D eigenvalue weighted by atomic mass is 9.78. The summed E-state index contributed by atoms with van der Waals surface area (Å²) >= 11 is 6.01. The lowest BCUT2D eigenvalue weighted by Crippen LogP contribution is -2.38. The first-order valence-corrected chi connectivity index (χ1v) is 9.01. The van der Waals surface area contributed by atoms with Crippen molar-refractivity contribution in [2.24, 2.45) is 0 Å². The van der Waals surface area contributed by atoms with Crippen molar-refractivity contribution in [3.8, 4) is 0 Å². The number of hydrogen-bond acceptors (Lipinski definition) is 3. The molecule has 132 valence electrons. The summed E-state index contributed by atoms with van der Waals surface area (Å²) in [6, 6.07) is 12.7. The first kappa shape index (κ1) is 16.8. The van der Waals surface area contributed by atoms with Gasteiger partial charge in [-0.15, -0.1) is 0 Å². The van der Waals surface area contributed by atoms with E-state index in [4.69, 9.17) is 11.6 Å². The zero-order valence-corrected chi connectivity index (χ0v) is 14.8. The summed E-state index contributed by atoms with van der Waals surface area (Å²) in [4.78, 5) is 31.7. The number of halogens is 1. The van der Waals surface area contributed by atoms with Crippen LogP contribution < -0.4 is 10.9 Å². The zero-order chi connectivity index (χ0) is 18.1. The van der Waals surface area contributed by atoms with Gasteiger partial charge in [0.05, 0.1) is 22.6 Å². The number of carbonyl (C=O) groups is 1. The van der Waals surface area contributed by atoms with E-state index in [0.29, 0.717) is 21.6 Å². The number of carbonyl (C=O) groups excluding carboxylic acids is 1. The minimum atomic E-state index is -0.541. The third kappa shape index (κ3) is 2.88. The predicted molar refractivity (Wildman–Crippen MR) is 103 cm³/mol. The number of hydrogen-bond donors (Lipinski definition) is 2. The molecule has 0 radical (unpaired) electrons. The van der Waals surface area contributed by atoms with Gasteiger partial charge in [-0.05, 0) is 48.7 Å². The Morgan fingerprint density at radius 2 is 1.85 bits per heavy atom. The topological polar surface area (TPSA) is 74.8 Å². The Hall–Kier alpha value is -2.66. The number of aromatic nitrogens is 2. The van der Waals surface area contributed by atoms with Crippen molar-refractivity contribution in [2.75, 3.05) is 5.32 Å². The summed E-state index contributed by atoms with van der Waals surface area (Å²) in [6.45, 7) is 0. The maximum absolute atomic E-state index is 13.2. The van der Waals surface area contributed by atoms with Crippen LogP contribution in [0.3, 0.4) is 0 Å². The average Bonchev–Trinajstić information content (AvgIpc) is 3.13. The first-order chi connectivity index (χ1) is 12.6. The van der Waals surface area contributed by atoms with Crippen molar-refractivity contribution in [2.45, 2.75) is 31.1 Å². The van der Waals surface area contributed by atoms with Crippen molar-refractivity contribution in [3.63, 3.8) is 0 Å². The number of H-pyrrole nitrogens is 1. The minimum Gasteiger partial charge on any atom is -0.325 e. The van der Waals surface area contributed by atoms with Crippen LogP contribution in [0.1, 0.15) is 31.2 Å². The highest BCUT2D eigenvalue weighted by molar-refractivity contribution is 6.30. The normalized spacial score (nSPS) is 15.9. The molecule has 1 fully saturated rings. The number of aromatic amines is 1. The van der Waals surface area contributed by atoms with Gasteiger partial charge in [-0.1, -0.05) is 36.6 Å². The maximum atomic E-state index is 13.2. The lowest BCUT2D eigenvalue weighted by molar-refractivity contribution is -0.121. The van der Waals surface area contributed by atoms with Gasteiger partial charge in [-0.2, -0.15) is 0 Å². The van der Waals surface area contributed by atoms with Crippen molar-refractivity contribution in [1.29, 1.82) is 0 Å². The van der Waals surface area contributed by atoms with E-state index in [1.54, 1.807) is 18.2 Å². The van der Waals surface area contributed by atoms with E-state index in [0.717, 1.165) is 31.2 Å². The quantitative estimate of drug-likeness (QED) is 0.734. The second kappa shape index (κ2) is 6.57. The fraction of sp³-hybridized carbons (Fsp3) is 0.250. The number of nitrogens with one attached hydrogen (secondary N) is 2. The predicted octanol–water partition coefficient (Wildman–Crippen LogP) is 4.03. The van der Waals surface area contributed by atoms with E-state index in [-0.39, 0.29) is 11.5 Å². The number of nitrogens with zero attached hydrogens (tertiary/aromatic N) is 1. The molecule has 1 aromatic heterocycles. The molecule has 1 aliphatic carbocycles. The highest BCUT2D eigenvalue weighted by Gasteiger charge is 2.42. The van der Waals surface area contributed by atoms with E-state index in [1.165, 1.54) is 6.33 Å². The van der Waals surface area contributed by atoms with Crippen LogP contribution in [0.5, 0.6) is 0 Å². The molecule has 1 saturated carbocycles. The monoisotopic (exact) mass is 367 g/mol. The minimum absolute atomic E-state index is 0.0264. The Kier molecular flexibility index (Phi) is 4.24. The molecule has 0 bridgehead atoms. The number of rotatable bonds is 3. The fourth-order valence-electron chi connectivity index (χ4n) is 3.79. The largest absolute Gasteiger partial charge is 0.325 e. The maximum Gasteiger partial charge on any atom is 0.258 e. The molecule has 0 unspecified atom stereocenters. The van der Waals surface area contributed by atoms with Crippen molar-refractivity contribution < 1.29 is 4.79 Å². The molecule has 0 aliphatic heterocycles. The van der Waals surface area contributed by atoms with Crippen molar-refractivity contribution in [1.82, 2.24) is 9.97 Å². The smallest absolute Gasteiger partial charge is 0.258 e. The van der Waals surface area contributed by atoms with E-state index in [1.807, 2.05) is 24.3 Å². The summed E-state index contributed by atoms with van der Waals surface area (Å²) in [5.41, 5.74) is 1.45. The molecule has 0 spiro atoms. The van der Waals surface area contributed by atoms with Gasteiger partial charge in [0.25, 0.3) is 5.56 Å². The first-order valence-electron chi connectivity index (χ1n) is 8.63. The summed E-state index contributed by atoms with van der Waals surface area (Å²) in [5, 5.41) is 4.18. The van der Waals surface area contributed by atoms with E-state index >= 15 is 0 Å². The van der Waals surface area contributed by atoms with Gasteiger partial charge in [0.2, 0.25) is 5.91 Å². The molecule has 0 atom stereocenters. The lowest BCUT2D eigenvalue weighted by Gasteiger charge is -2.28. The molecule has 6 heteroatoms. The van der Waals surface area contributed by atoms with Gasteiger partial charge < -0.3 is 10.3 Å². The molecule has 5 nitrogen and oxygen atoms in total. The number of fused-ring (bicyclic) bond motifs is 1. The van der Waals surface area contributed by atoms with Gasteiger partial charge in [-0.3, -0.25) is 9.59 Å². The van der Waals surface area contributed by atoms with Crippen molar-refractivity contribution >= 4 is 34.1 Å². The molecule has 1 heterocycles. The summed E-state index contributed by atoms with van der Waals surface area (Å²) in [5.74, 6) is -0.0264. The summed E-state index contributed by atoms with van der Waals surface area (Å²) in [7, 11) is 0. The van der Waals surface area contributed by atoms with Crippen LogP contribution in [0.4, 0.5) is 5.69 Å². The molecule has 1 aliphatic rings. The average molecular weight is 368 g/mol. The summed E-state index contributed by atoms with van der Waals surface area (Å²) < 4.78 is 0. The van der Waals surface area contributed by atoms with E-state index in [2.05, 4.69) is 15.3 Å². The Bertz CT molecular complexity index is 1020. The second-order valence-electron chi connectivity index (χ2n) is 6.71. The molecule has 26 heavy (non-hydrogen) atoms. The highest BCUT2D eigenvalue weighted by atomic mass is 35.5. The van der Waals surface area contributed by atoms with Gasteiger partial charge in [-0.25, -0.2) is 4.98 Å². The van der Waals surface area contributed by atoms with E-state index < -0.39 is 5.41 Å². The number of amides is 1. The Morgan fingerprint density at radius 3 is 2.58 bits per heavy atom. The second-order valence-corrected chi connectivity index (χ2v) is 7.15.